The van der Waals surface area contributed by atoms with Crippen LogP contribution in [-0.4, -0.2) is 24.2 Å². The minimum absolute atomic E-state index is 0.665. The van der Waals surface area contributed by atoms with E-state index in [9.17, 15) is 0 Å². The number of methoxy groups -OCH3 is 2. The summed E-state index contributed by atoms with van der Waals surface area (Å²) in [6.07, 6.45) is 0. The summed E-state index contributed by atoms with van der Waals surface area (Å²) < 4.78 is 10.6. The van der Waals surface area contributed by atoms with Gasteiger partial charge in [0.2, 0.25) is 5.95 Å². The van der Waals surface area contributed by atoms with E-state index in [1.165, 1.54) is 0 Å². The van der Waals surface area contributed by atoms with Crippen LogP contribution in [0.2, 0.25) is 0 Å². The molecule has 0 saturated heterocycles. The molecule has 0 fully saturated rings. The molecular weight excluding hydrogens is 254 g/mol. The van der Waals surface area contributed by atoms with Crippen molar-refractivity contribution in [3.05, 3.63) is 42.5 Å². The second-order valence-corrected chi connectivity index (χ2v) is 4.29. The highest BCUT2D eigenvalue weighted by Crippen LogP contribution is 2.31. The highest BCUT2D eigenvalue weighted by atomic mass is 16.5. The van der Waals surface area contributed by atoms with Gasteiger partial charge in [0.05, 0.1) is 30.9 Å². The molecule has 1 heterocycles. The van der Waals surface area contributed by atoms with Crippen molar-refractivity contribution in [3.63, 3.8) is 0 Å². The van der Waals surface area contributed by atoms with Crippen molar-refractivity contribution >= 4 is 22.7 Å². The Kier molecular flexibility index (Phi) is 3.16. The number of rotatable bonds is 4. The van der Waals surface area contributed by atoms with Crippen molar-refractivity contribution in [1.82, 2.24) is 9.97 Å². The third kappa shape index (κ3) is 2.25. The first-order valence-electron chi connectivity index (χ1n) is 6.24. The zero-order chi connectivity index (χ0) is 13.9. The minimum atomic E-state index is 0.665. The Bertz CT molecular complexity index is 704. The SMILES string of the molecule is COc1ccc(OC)c(Nc2nc3ccccc3[nH]2)c1. The van der Waals surface area contributed by atoms with Crippen molar-refractivity contribution in [2.75, 3.05) is 19.5 Å². The molecule has 0 atom stereocenters. The lowest BCUT2D eigenvalue weighted by Gasteiger charge is -2.10. The number of hydrogen-bond acceptors (Lipinski definition) is 4. The molecule has 0 unspecified atom stereocenters. The number of ether oxygens (including phenoxy) is 2. The van der Waals surface area contributed by atoms with Gasteiger partial charge in [0.1, 0.15) is 11.5 Å². The van der Waals surface area contributed by atoms with E-state index in [2.05, 4.69) is 15.3 Å². The van der Waals surface area contributed by atoms with Crippen LogP contribution < -0.4 is 14.8 Å². The largest absolute Gasteiger partial charge is 0.497 e. The summed E-state index contributed by atoms with van der Waals surface area (Å²) in [5.41, 5.74) is 2.69. The molecule has 0 aliphatic heterocycles. The first kappa shape index (κ1) is 12.3. The maximum Gasteiger partial charge on any atom is 0.205 e. The Morgan fingerprint density at radius 1 is 1.05 bits per heavy atom. The molecule has 0 amide bonds. The van der Waals surface area contributed by atoms with E-state index in [0.717, 1.165) is 28.2 Å². The van der Waals surface area contributed by atoms with Crippen LogP contribution in [0.4, 0.5) is 11.6 Å². The van der Waals surface area contributed by atoms with Gasteiger partial charge >= 0.3 is 0 Å². The summed E-state index contributed by atoms with van der Waals surface area (Å²) in [7, 11) is 3.26. The third-order valence-corrected chi connectivity index (χ3v) is 3.05. The third-order valence-electron chi connectivity index (χ3n) is 3.05. The summed E-state index contributed by atoms with van der Waals surface area (Å²) in [5, 5.41) is 3.22. The molecule has 5 nitrogen and oxygen atoms in total. The Morgan fingerprint density at radius 2 is 1.90 bits per heavy atom. The van der Waals surface area contributed by atoms with Gasteiger partial charge < -0.3 is 19.8 Å². The zero-order valence-electron chi connectivity index (χ0n) is 11.3. The van der Waals surface area contributed by atoms with Gasteiger partial charge in [0.25, 0.3) is 0 Å². The van der Waals surface area contributed by atoms with Crippen LogP contribution in [0.15, 0.2) is 42.5 Å². The number of para-hydroxylation sites is 2. The van der Waals surface area contributed by atoms with Gasteiger partial charge in [-0.05, 0) is 24.3 Å². The summed E-state index contributed by atoms with van der Waals surface area (Å²) in [6, 6.07) is 13.4. The van der Waals surface area contributed by atoms with Crippen LogP contribution >= 0.6 is 0 Å². The van der Waals surface area contributed by atoms with Crippen molar-refractivity contribution in [2.24, 2.45) is 0 Å². The number of nitrogens with one attached hydrogen (secondary N) is 2. The molecule has 20 heavy (non-hydrogen) atoms. The quantitative estimate of drug-likeness (QED) is 0.762. The van der Waals surface area contributed by atoms with Gasteiger partial charge in [0.15, 0.2) is 0 Å². The normalized spacial score (nSPS) is 10.5. The molecule has 1 aromatic heterocycles. The highest BCUT2D eigenvalue weighted by molar-refractivity contribution is 5.79. The lowest BCUT2D eigenvalue weighted by molar-refractivity contribution is 0.405. The second kappa shape index (κ2) is 5.13. The predicted octanol–water partition coefficient (Wildman–Crippen LogP) is 3.32. The van der Waals surface area contributed by atoms with Crippen LogP contribution in [0.3, 0.4) is 0 Å². The van der Waals surface area contributed by atoms with Crippen LogP contribution in [0.1, 0.15) is 0 Å². The van der Waals surface area contributed by atoms with E-state index in [0.29, 0.717) is 5.95 Å². The number of hydrogen-bond donors (Lipinski definition) is 2. The second-order valence-electron chi connectivity index (χ2n) is 4.29. The molecule has 3 rings (SSSR count). The van der Waals surface area contributed by atoms with Gasteiger partial charge in [-0.25, -0.2) is 4.98 Å². The number of aromatic amines is 1. The molecule has 102 valence electrons. The van der Waals surface area contributed by atoms with E-state index in [-0.39, 0.29) is 0 Å². The number of aromatic nitrogens is 2. The highest BCUT2D eigenvalue weighted by Gasteiger charge is 2.08. The molecule has 0 spiro atoms. The zero-order valence-corrected chi connectivity index (χ0v) is 11.3. The van der Waals surface area contributed by atoms with Crippen molar-refractivity contribution in [2.45, 2.75) is 0 Å². The van der Waals surface area contributed by atoms with Crippen molar-refractivity contribution < 1.29 is 9.47 Å². The van der Waals surface area contributed by atoms with Gasteiger partial charge in [-0.1, -0.05) is 12.1 Å². The van der Waals surface area contributed by atoms with Gasteiger partial charge in [0, 0.05) is 6.07 Å². The standard InChI is InChI=1S/C15H15N3O2/c1-19-10-7-8-14(20-2)13(9-10)18-15-16-11-5-3-4-6-12(11)17-15/h3-9H,1-2H3,(H2,16,17,18). The monoisotopic (exact) mass is 269 g/mol. The Morgan fingerprint density at radius 3 is 2.65 bits per heavy atom. The van der Waals surface area contributed by atoms with Crippen molar-refractivity contribution in [1.29, 1.82) is 0 Å². The Balaban J connectivity index is 1.97. The molecule has 2 aromatic carbocycles. The van der Waals surface area contributed by atoms with Crippen LogP contribution in [0.5, 0.6) is 11.5 Å². The topological polar surface area (TPSA) is 59.2 Å². The number of anilines is 2. The summed E-state index contributed by atoms with van der Waals surface area (Å²) in [4.78, 5) is 7.69. The molecular formula is C15H15N3O2. The van der Waals surface area contributed by atoms with E-state index in [4.69, 9.17) is 9.47 Å². The molecule has 3 aromatic rings. The number of benzene rings is 2. The molecule has 0 radical (unpaired) electrons. The fourth-order valence-electron chi connectivity index (χ4n) is 2.05. The summed E-state index contributed by atoms with van der Waals surface area (Å²) >= 11 is 0. The van der Waals surface area contributed by atoms with Crippen LogP contribution in [0, 0.1) is 0 Å². The van der Waals surface area contributed by atoms with Crippen molar-refractivity contribution in [3.8, 4) is 11.5 Å². The molecule has 0 aliphatic carbocycles. The molecule has 0 saturated carbocycles. The van der Waals surface area contributed by atoms with E-state index in [1.807, 2.05) is 42.5 Å². The summed E-state index contributed by atoms with van der Waals surface area (Å²) in [6.45, 7) is 0. The summed E-state index contributed by atoms with van der Waals surface area (Å²) in [5.74, 6) is 2.15. The fraction of sp³-hybridized carbons (Fsp3) is 0.133. The first-order valence-corrected chi connectivity index (χ1v) is 6.24. The predicted molar refractivity (Wildman–Crippen MR) is 78.9 cm³/mol. The lowest BCUT2D eigenvalue weighted by Crippen LogP contribution is -1.97. The lowest BCUT2D eigenvalue weighted by atomic mass is 10.2. The number of H-pyrrole nitrogens is 1. The first-order chi connectivity index (χ1) is 9.80. The van der Waals surface area contributed by atoms with Gasteiger partial charge in [-0.15, -0.1) is 0 Å². The van der Waals surface area contributed by atoms with E-state index >= 15 is 0 Å². The molecule has 2 N–H and O–H groups in total. The van der Waals surface area contributed by atoms with Crippen LogP contribution in [-0.2, 0) is 0 Å². The fourth-order valence-corrected chi connectivity index (χ4v) is 2.05. The molecule has 5 heteroatoms. The Hall–Kier alpha value is -2.69. The maximum absolute atomic E-state index is 5.33. The average Bonchev–Trinajstić information content (AvgIpc) is 2.89. The average molecular weight is 269 g/mol. The van der Waals surface area contributed by atoms with Gasteiger partial charge in [-0.2, -0.15) is 0 Å². The molecule has 0 bridgehead atoms. The number of imidazole rings is 1. The number of fused-ring (bicyclic) bond motifs is 1. The van der Waals surface area contributed by atoms with Crippen LogP contribution in [0.25, 0.3) is 11.0 Å². The van der Waals surface area contributed by atoms with E-state index in [1.54, 1.807) is 14.2 Å². The van der Waals surface area contributed by atoms with E-state index < -0.39 is 0 Å². The maximum atomic E-state index is 5.33. The molecule has 0 aliphatic rings. The Labute approximate surface area is 116 Å². The minimum Gasteiger partial charge on any atom is -0.497 e. The van der Waals surface area contributed by atoms with Gasteiger partial charge in [-0.3, -0.25) is 0 Å². The number of nitrogens with zero attached hydrogens (tertiary/aromatic N) is 1. The smallest absolute Gasteiger partial charge is 0.205 e.